The standard InChI is InChI=1S/C13H9NO/c15-12-8-9-4-3-7-14-13(9)11-6-2-1-5-10(11)12/h1-8,15H. The summed E-state index contributed by atoms with van der Waals surface area (Å²) in [6, 6.07) is 13.3. The van der Waals surface area contributed by atoms with Gasteiger partial charge in [0.1, 0.15) is 5.75 Å². The Morgan fingerprint density at radius 2 is 1.73 bits per heavy atom. The normalized spacial score (nSPS) is 10.9. The van der Waals surface area contributed by atoms with Gasteiger partial charge >= 0.3 is 0 Å². The van der Waals surface area contributed by atoms with E-state index in [2.05, 4.69) is 4.98 Å². The van der Waals surface area contributed by atoms with Gasteiger partial charge < -0.3 is 5.11 Å². The zero-order valence-electron chi connectivity index (χ0n) is 8.01. The summed E-state index contributed by atoms with van der Waals surface area (Å²) in [6.45, 7) is 0. The Morgan fingerprint density at radius 3 is 2.60 bits per heavy atom. The molecule has 1 heterocycles. The van der Waals surface area contributed by atoms with Gasteiger partial charge in [0.15, 0.2) is 0 Å². The Morgan fingerprint density at radius 1 is 0.933 bits per heavy atom. The van der Waals surface area contributed by atoms with Crippen LogP contribution in [0.2, 0.25) is 0 Å². The van der Waals surface area contributed by atoms with Crippen molar-refractivity contribution in [1.82, 2.24) is 4.98 Å². The number of fused-ring (bicyclic) bond motifs is 3. The van der Waals surface area contributed by atoms with Gasteiger partial charge in [0.05, 0.1) is 5.52 Å². The van der Waals surface area contributed by atoms with Crippen molar-refractivity contribution in [2.24, 2.45) is 0 Å². The van der Waals surface area contributed by atoms with Crippen LogP contribution in [0, 0.1) is 0 Å². The molecule has 2 aromatic carbocycles. The predicted molar refractivity (Wildman–Crippen MR) is 60.9 cm³/mol. The number of rotatable bonds is 0. The number of aromatic hydroxyl groups is 1. The summed E-state index contributed by atoms with van der Waals surface area (Å²) in [5.74, 6) is 0.311. The van der Waals surface area contributed by atoms with Crippen LogP contribution >= 0.6 is 0 Å². The average Bonchev–Trinajstić information content (AvgIpc) is 2.30. The fourth-order valence-electron chi connectivity index (χ4n) is 1.90. The number of hydrogen-bond acceptors (Lipinski definition) is 2. The van der Waals surface area contributed by atoms with Gasteiger partial charge in [0.25, 0.3) is 0 Å². The molecule has 0 aliphatic rings. The van der Waals surface area contributed by atoms with Gasteiger partial charge in [-0.1, -0.05) is 30.3 Å². The zero-order chi connectivity index (χ0) is 10.3. The topological polar surface area (TPSA) is 33.1 Å². The van der Waals surface area contributed by atoms with Gasteiger partial charge in [-0.3, -0.25) is 4.98 Å². The highest BCUT2D eigenvalue weighted by molar-refractivity contribution is 6.07. The van der Waals surface area contributed by atoms with E-state index in [9.17, 15) is 5.11 Å². The first-order chi connectivity index (χ1) is 7.36. The maximum absolute atomic E-state index is 9.84. The van der Waals surface area contributed by atoms with Crippen LogP contribution in [0.5, 0.6) is 5.75 Å². The van der Waals surface area contributed by atoms with E-state index >= 15 is 0 Å². The first-order valence-electron chi connectivity index (χ1n) is 4.82. The molecular formula is C13H9NO. The second-order valence-electron chi connectivity index (χ2n) is 3.52. The molecule has 0 aliphatic heterocycles. The van der Waals surface area contributed by atoms with Crippen molar-refractivity contribution in [2.45, 2.75) is 0 Å². The van der Waals surface area contributed by atoms with E-state index in [0.717, 1.165) is 21.7 Å². The average molecular weight is 195 g/mol. The number of phenols is 1. The SMILES string of the molecule is Oc1cc2cccnc2c2ccccc12. The maximum atomic E-state index is 9.84. The largest absolute Gasteiger partial charge is 0.507 e. The first kappa shape index (κ1) is 8.24. The molecule has 72 valence electrons. The molecule has 0 saturated heterocycles. The van der Waals surface area contributed by atoms with Crippen molar-refractivity contribution in [3.63, 3.8) is 0 Å². The molecule has 0 fully saturated rings. The molecule has 2 heteroatoms. The van der Waals surface area contributed by atoms with E-state index in [1.54, 1.807) is 12.3 Å². The molecule has 15 heavy (non-hydrogen) atoms. The molecule has 0 bridgehead atoms. The Bertz CT molecular complexity index is 646. The summed E-state index contributed by atoms with van der Waals surface area (Å²) in [4.78, 5) is 4.34. The number of pyridine rings is 1. The number of aromatic nitrogens is 1. The quantitative estimate of drug-likeness (QED) is 0.559. The van der Waals surface area contributed by atoms with Gasteiger partial charge in [-0.25, -0.2) is 0 Å². The minimum Gasteiger partial charge on any atom is -0.507 e. The summed E-state index contributed by atoms with van der Waals surface area (Å²) in [6.07, 6.45) is 1.77. The number of benzene rings is 2. The van der Waals surface area contributed by atoms with Crippen LogP contribution in [0.1, 0.15) is 0 Å². The van der Waals surface area contributed by atoms with E-state index in [4.69, 9.17) is 0 Å². The molecule has 0 spiro atoms. The van der Waals surface area contributed by atoms with Gasteiger partial charge in [-0.05, 0) is 12.1 Å². The van der Waals surface area contributed by atoms with Crippen LogP contribution in [0.25, 0.3) is 21.7 Å². The van der Waals surface area contributed by atoms with Crippen LogP contribution < -0.4 is 0 Å². The number of hydrogen-bond donors (Lipinski definition) is 1. The van der Waals surface area contributed by atoms with E-state index in [1.807, 2.05) is 36.4 Å². The summed E-state index contributed by atoms with van der Waals surface area (Å²) in [5, 5.41) is 12.7. The van der Waals surface area contributed by atoms with Crippen LogP contribution in [0.4, 0.5) is 0 Å². The Hall–Kier alpha value is -2.09. The lowest BCUT2D eigenvalue weighted by molar-refractivity contribution is 0.482. The second-order valence-corrected chi connectivity index (χ2v) is 3.52. The number of nitrogens with zero attached hydrogens (tertiary/aromatic N) is 1. The second kappa shape index (κ2) is 2.95. The smallest absolute Gasteiger partial charge is 0.124 e. The minimum absolute atomic E-state index is 0.311. The molecule has 1 aromatic heterocycles. The van der Waals surface area contributed by atoms with Crippen LogP contribution in [0.15, 0.2) is 48.7 Å². The lowest BCUT2D eigenvalue weighted by Gasteiger charge is -2.04. The van der Waals surface area contributed by atoms with Crippen LogP contribution in [-0.4, -0.2) is 10.1 Å². The molecule has 0 saturated carbocycles. The first-order valence-corrected chi connectivity index (χ1v) is 4.82. The monoisotopic (exact) mass is 195 g/mol. The van der Waals surface area contributed by atoms with Gasteiger partial charge in [0, 0.05) is 22.4 Å². The molecule has 0 amide bonds. The van der Waals surface area contributed by atoms with Gasteiger partial charge in [-0.2, -0.15) is 0 Å². The number of phenolic OH excluding ortho intramolecular Hbond substituents is 1. The van der Waals surface area contributed by atoms with Crippen LogP contribution in [-0.2, 0) is 0 Å². The fourth-order valence-corrected chi connectivity index (χ4v) is 1.90. The Kier molecular flexibility index (Phi) is 1.62. The molecular weight excluding hydrogens is 186 g/mol. The third-order valence-corrected chi connectivity index (χ3v) is 2.59. The molecule has 0 unspecified atom stereocenters. The lowest BCUT2D eigenvalue weighted by Crippen LogP contribution is -1.81. The van der Waals surface area contributed by atoms with E-state index in [0.29, 0.717) is 5.75 Å². The van der Waals surface area contributed by atoms with Gasteiger partial charge in [-0.15, -0.1) is 0 Å². The minimum atomic E-state index is 0.311. The van der Waals surface area contributed by atoms with Crippen molar-refractivity contribution in [1.29, 1.82) is 0 Å². The Labute approximate surface area is 86.8 Å². The molecule has 2 nitrogen and oxygen atoms in total. The van der Waals surface area contributed by atoms with Crippen molar-refractivity contribution in [3.05, 3.63) is 48.7 Å². The molecule has 1 N–H and O–H groups in total. The third kappa shape index (κ3) is 1.15. The zero-order valence-corrected chi connectivity index (χ0v) is 8.01. The predicted octanol–water partition coefficient (Wildman–Crippen LogP) is 3.09. The van der Waals surface area contributed by atoms with Gasteiger partial charge in [0.2, 0.25) is 0 Å². The summed E-state index contributed by atoms with van der Waals surface area (Å²) in [5.41, 5.74) is 0.936. The van der Waals surface area contributed by atoms with Crippen molar-refractivity contribution < 1.29 is 5.11 Å². The summed E-state index contributed by atoms with van der Waals surface area (Å²) < 4.78 is 0. The summed E-state index contributed by atoms with van der Waals surface area (Å²) in [7, 11) is 0. The highest BCUT2D eigenvalue weighted by atomic mass is 16.3. The molecule has 3 rings (SSSR count). The van der Waals surface area contributed by atoms with Crippen LogP contribution in [0.3, 0.4) is 0 Å². The third-order valence-electron chi connectivity index (χ3n) is 2.59. The van der Waals surface area contributed by atoms with Crippen molar-refractivity contribution in [2.75, 3.05) is 0 Å². The molecule has 3 aromatic rings. The molecule has 0 aliphatic carbocycles. The van der Waals surface area contributed by atoms with E-state index in [1.165, 1.54) is 0 Å². The lowest BCUT2D eigenvalue weighted by atomic mass is 10.1. The highest BCUT2D eigenvalue weighted by Crippen LogP contribution is 2.30. The van der Waals surface area contributed by atoms with Crippen molar-refractivity contribution in [3.8, 4) is 5.75 Å². The molecule has 0 atom stereocenters. The molecule has 0 radical (unpaired) electrons. The van der Waals surface area contributed by atoms with Crippen molar-refractivity contribution >= 4 is 21.7 Å². The fraction of sp³-hybridized carbons (Fsp3) is 0. The Balaban J connectivity index is 2.64. The van der Waals surface area contributed by atoms with E-state index in [-0.39, 0.29) is 0 Å². The maximum Gasteiger partial charge on any atom is 0.124 e. The summed E-state index contributed by atoms with van der Waals surface area (Å²) >= 11 is 0. The highest BCUT2D eigenvalue weighted by Gasteiger charge is 2.04. The van der Waals surface area contributed by atoms with E-state index < -0.39 is 0 Å².